The summed E-state index contributed by atoms with van der Waals surface area (Å²) in [4.78, 5) is 28.1. The molecule has 1 N–H and O–H groups in total. The fourth-order valence-electron chi connectivity index (χ4n) is 4.31. The third-order valence-electron chi connectivity index (χ3n) is 6.07. The van der Waals surface area contributed by atoms with Crippen molar-refractivity contribution in [3.8, 4) is 0 Å². The summed E-state index contributed by atoms with van der Waals surface area (Å²) in [6, 6.07) is 5.40. The predicted octanol–water partition coefficient (Wildman–Crippen LogP) is 4.90. The SMILES string of the molecule is O=C(/C=C/CN1CCCOCC1)N1CCc2c(sc3ncnc(Nc4ccc(Cl)c(Cl)c4)c23)C1. The summed E-state index contributed by atoms with van der Waals surface area (Å²) in [7, 11) is 0. The molecule has 0 unspecified atom stereocenters. The number of amides is 1. The second-order valence-corrected chi connectivity index (χ2v) is 10.2. The monoisotopic (exact) mass is 517 g/mol. The lowest BCUT2D eigenvalue weighted by molar-refractivity contribution is -0.126. The van der Waals surface area contributed by atoms with Crippen LogP contribution in [0, 0.1) is 0 Å². The summed E-state index contributed by atoms with van der Waals surface area (Å²) < 4.78 is 5.49. The molecule has 2 aliphatic rings. The average Bonchev–Trinajstić information content (AvgIpc) is 3.01. The Morgan fingerprint density at radius 2 is 2.09 bits per heavy atom. The molecule has 34 heavy (non-hydrogen) atoms. The number of fused-ring (bicyclic) bond motifs is 3. The van der Waals surface area contributed by atoms with E-state index in [1.54, 1.807) is 35.9 Å². The van der Waals surface area contributed by atoms with Gasteiger partial charge in [-0.15, -0.1) is 11.3 Å². The molecule has 1 fully saturated rings. The molecule has 1 aromatic carbocycles. The second-order valence-electron chi connectivity index (χ2n) is 8.34. The van der Waals surface area contributed by atoms with Crippen LogP contribution in [0.3, 0.4) is 0 Å². The standard InChI is InChI=1S/C24H25Cl2N5O2S/c25-18-5-4-16(13-19(18)26)29-23-22-17-6-9-31(14-20(17)34-24(22)28-15-27-23)21(32)3-1-7-30-8-2-11-33-12-10-30/h1,3-5,13,15H,2,6-12,14H2,(H,27,28,29)/b3-1+. The van der Waals surface area contributed by atoms with Crippen LogP contribution < -0.4 is 5.32 Å². The molecule has 0 radical (unpaired) electrons. The first kappa shape index (κ1) is 23.5. The number of ether oxygens (including phenoxy) is 1. The van der Waals surface area contributed by atoms with Gasteiger partial charge in [-0.3, -0.25) is 9.69 Å². The molecule has 178 valence electrons. The minimum atomic E-state index is 0.0504. The van der Waals surface area contributed by atoms with Crippen LogP contribution in [0.4, 0.5) is 11.5 Å². The molecular formula is C24H25Cl2N5O2S. The molecule has 0 bridgehead atoms. The Balaban J connectivity index is 1.29. The maximum absolute atomic E-state index is 12.8. The van der Waals surface area contributed by atoms with Crippen molar-refractivity contribution in [2.45, 2.75) is 19.4 Å². The third kappa shape index (κ3) is 5.21. The summed E-state index contributed by atoms with van der Waals surface area (Å²) in [6.07, 6.45) is 7.04. The van der Waals surface area contributed by atoms with E-state index in [2.05, 4.69) is 20.2 Å². The van der Waals surface area contributed by atoms with Crippen molar-refractivity contribution in [3.63, 3.8) is 0 Å². The molecule has 0 saturated carbocycles. The van der Waals surface area contributed by atoms with E-state index in [1.807, 2.05) is 17.0 Å². The van der Waals surface area contributed by atoms with Gasteiger partial charge in [0.25, 0.3) is 0 Å². The number of rotatable bonds is 5. The van der Waals surface area contributed by atoms with E-state index in [0.717, 1.165) is 72.3 Å². The number of hydrogen-bond acceptors (Lipinski definition) is 7. The zero-order chi connectivity index (χ0) is 23.5. The molecule has 7 nitrogen and oxygen atoms in total. The van der Waals surface area contributed by atoms with Gasteiger partial charge in [0, 0.05) is 49.4 Å². The first-order chi connectivity index (χ1) is 16.6. The zero-order valence-electron chi connectivity index (χ0n) is 18.6. The van der Waals surface area contributed by atoms with Gasteiger partial charge in [-0.05, 0) is 36.6 Å². The van der Waals surface area contributed by atoms with E-state index in [4.69, 9.17) is 27.9 Å². The minimum Gasteiger partial charge on any atom is -0.380 e. The molecule has 0 aliphatic carbocycles. The number of nitrogens with zero attached hydrogens (tertiary/aromatic N) is 4. The van der Waals surface area contributed by atoms with E-state index in [9.17, 15) is 4.79 Å². The summed E-state index contributed by atoms with van der Waals surface area (Å²) in [6.45, 7) is 5.52. The van der Waals surface area contributed by atoms with Gasteiger partial charge >= 0.3 is 0 Å². The van der Waals surface area contributed by atoms with Crippen molar-refractivity contribution in [3.05, 3.63) is 57.2 Å². The maximum atomic E-state index is 12.8. The first-order valence-corrected chi connectivity index (χ1v) is 12.9. The molecule has 0 atom stereocenters. The number of carbonyl (C=O) groups excluding carboxylic acids is 1. The van der Waals surface area contributed by atoms with E-state index < -0.39 is 0 Å². The van der Waals surface area contributed by atoms with Crippen LogP contribution in [-0.4, -0.2) is 65.1 Å². The number of anilines is 2. The normalized spacial score (nSPS) is 17.2. The van der Waals surface area contributed by atoms with Crippen molar-refractivity contribution < 1.29 is 9.53 Å². The first-order valence-electron chi connectivity index (χ1n) is 11.3. The van der Waals surface area contributed by atoms with E-state index in [1.165, 1.54) is 5.56 Å². The van der Waals surface area contributed by atoms with Gasteiger partial charge in [-0.2, -0.15) is 0 Å². The van der Waals surface area contributed by atoms with Crippen molar-refractivity contribution >= 4 is 62.2 Å². The van der Waals surface area contributed by atoms with Gasteiger partial charge in [-0.1, -0.05) is 29.3 Å². The smallest absolute Gasteiger partial charge is 0.246 e. The fraction of sp³-hybridized carbons (Fsp3) is 0.375. The molecule has 10 heteroatoms. The lowest BCUT2D eigenvalue weighted by Gasteiger charge is -2.26. The summed E-state index contributed by atoms with van der Waals surface area (Å²) in [5.74, 6) is 0.788. The highest BCUT2D eigenvalue weighted by molar-refractivity contribution is 7.19. The summed E-state index contributed by atoms with van der Waals surface area (Å²) in [5, 5.41) is 5.36. The van der Waals surface area contributed by atoms with Crippen LogP contribution in [0.15, 0.2) is 36.7 Å². The van der Waals surface area contributed by atoms with Gasteiger partial charge in [0.1, 0.15) is 17.0 Å². The molecule has 4 heterocycles. The number of thiophene rings is 1. The second kappa shape index (κ2) is 10.6. The molecule has 2 aliphatic heterocycles. The van der Waals surface area contributed by atoms with E-state index >= 15 is 0 Å². The lowest BCUT2D eigenvalue weighted by atomic mass is 10.0. The van der Waals surface area contributed by atoms with Gasteiger partial charge in [0.05, 0.1) is 28.6 Å². The van der Waals surface area contributed by atoms with Gasteiger partial charge in [0.15, 0.2) is 0 Å². The van der Waals surface area contributed by atoms with Crippen LogP contribution in [0.25, 0.3) is 10.2 Å². The minimum absolute atomic E-state index is 0.0504. The highest BCUT2D eigenvalue weighted by Crippen LogP contribution is 2.38. The number of aromatic nitrogens is 2. The Morgan fingerprint density at radius 1 is 1.18 bits per heavy atom. The Kier molecular flexibility index (Phi) is 7.32. The summed E-state index contributed by atoms with van der Waals surface area (Å²) >= 11 is 13.8. The Hall–Kier alpha value is -2.23. The Bertz CT molecular complexity index is 1220. The third-order valence-corrected chi connectivity index (χ3v) is 7.93. The Labute approximate surface area is 212 Å². The number of nitrogens with one attached hydrogen (secondary N) is 1. The summed E-state index contributed by atoms with van der Waals surface area (Å²) in [5.41, 5.74) is 2.02. The lowest BCUT2D eigenvalue weighted by Crippen LogP contribution is -2.34. The highest BCUT2D eigenvalue weighted by atomic mass is 35.5. The topological polar surface area (TPSA) is 70.6 Å². The molecule has 1 amide bonds. The van der Waals surface area contributed by atoms with Crippen molar-refractivity contribution in [1.29, 1.82) is 0 Å². The fourth-order valence-corrected chi connectivity index (χ4v) is 5.81. The van der Waals surface area contributed by atoms with Crippen molar-refractivity contribution in [1.82, 2.24) is 19.8 Å². The van der Waals surface area contributed by atoms with Gasteiger partial charge < -0.3 is 15.0 Å². The van der Waals surface area contributed by atoms with Crippen LogP contribution >= 0.6 is 34.5 Å². The predicted molar refractivity (Wildman–Crippen MR) is 137 cm³/mol. The molecule has 2 aromatic heterocycles. The van der Waals surface area contributed by atoms with Crippen LogP contribution in [0.2, 0.25) is 10.0 Å². The Morgan fingerprint density at radius 3 is 2.97 bits per heavy atom. The van der Waals surface area contributed by atoms with Crippen LogP contribution in [0.1, 0.15) is 16.9 Å². The molecule has 5 rings (SSSR count). The number of halogens is 2. The molecule has 3 aromatic rings. The number of carbonyl (C=O) groups is 1. The molecular weight excluding hydrogens is 493 g/mol. The van der Waals surface area contributed by atoms with Gasteiger partial charge in [0.2, 0.25) is 5.91 Å². The largest absolute Gasteiger partial charge is 0.380 e. The van der Waals surface area contributed by atoms with Crippen molar-refractivity contribution in [2.24, 2.45) is 0 Å². The van der Waals surface area contributed by atoms with E-state index in [0.29, 0.717) is 23.1 Å². The number of hydrogen-bond donors (Lipinski definition) is 1. The highest BCUT2D eigenvalue weighted by Gasteiger charge is 2.25. The maximum Gasteiger partial charge on any atom is 0.246 e. The van der Waals surface area contributed by atoms with Gasteiger partial charge in [-0.25, -0.2) is 9.97 Å². The van der Waals surface area contributed by atoms with Crippen molar-refractivity contribution in [2.75, 3.05) is 44.7 Å². The molecule has 1 saturated heterocycles. The number of benzene rings is 1. The van der Waals surface area contributed by atoms with E-state index in [-0.39, 0.29) is 5.91 Å². The van der Waals surface area contributed by atoms with Crippen LogP contribution in [-0.2, 0) is 22.5 Å². The average molecular weight is 518 g/mol. The van der Waals surface area contributed by atoms with Crippen LogP contribution in [0.5, 0.6) is 0 Å². The zero-order valence-corrected chi connectivity index (χ0v) is 20.9. The molecule has 0 spiro atoms. The quantitative estimate of drug-likeness (QED) is 0.485.